The molecule has 0 aromatic heterocycles. The van der Waals surface area contributed by atoms with Crippen LogP contribution in [0.2, 0.25) is 0 Å². The molecule has 2 aromatic rings. The molecule has 0 radical (unpaired) electrons. The van der Waals surface area contributed by atoms with Gasteiger partial charge in [-0.1, -0.05) is 51.7 Å². The molecular weight excluding hydrogens is 430 g/mol. The zero-order chi connectivity index (χ0) is 24.5. The van der Waals surface area contributed by atoms with E-state index in [0.717, 1.165) is 32.1 Å². The minimum absolute atomic E-state index is 0.0337. The number of methoxy groups -OCH3 is 1. The lowest BCUT2D eigenvalue weighted by molar-refractivity contribution is -0.125. The maximum atomic E-state index is 13.2. The number of carbonyl (C=O) groups excluding carboxylic acids is 3. The van der Waals surface area contributed by atoms with Crippen LogP contribution in [0, 0.1) is 5.92 Å². The van der Waals surface area contributed by atoms with Crippen LogP contribution in [-0.2, 0) is 4.79 Å². The summed E-state index contributed by atoms with van der Waals surface area (Å²) in [4.78, 5) is 39.1. The topological polar surface area (TPSA) is 96.5 Å². The molecule has 3 N–H and O–H groups in total. The molecule has 1 aliphatic carbocycles. The lowest BCUT2D eigenvalue weighted by atomic mass is 9.93. The molecule has 0 aliphatic heterocycles. The van der Waals surface area contributed by atoms with Gasteiger partial charge in [-0.15, -0.1) is 0 Å². The zero-order valence-corrected chi connectivity index (χ0v) is 20.2. The molecule has 3 amide bonds. The van der Waals surface area contributed by atoms with Gasteiger partial charge in [0.1, 0.15) is 11.8 Å². The van der Waals surface area contributed by atoms with E-state index >= 15 is 0 Å². The molecule has 0 spiro atoms. The fraction of sp³-hybridized carbons (Fsp3) is 0.444. The first-order valence-corrected chi connectivity index (χ1v) is 12.1. The number of anilines is 1. The summed E-state index contributed by atoms with van der Waals surface area (Å²) in [5.41, 5.74) is 1.14. The largest absolute Gasteiger partial charge is 0.497 e. The first kappa shape index (κ1) is 25.3. The summed E-state index contributed by atoms with van der Waals surface area (Å²) in [6.45, 7) is 3.96. The van der Waals surface area contributed by atoms with E-state index in [0.29, 0.717) is 22.6 Å². The summed E-state index contributed by atoms with van der Waals surface area (Å²) >= 11 is 0. The quantitative estimate of drug-likeness (QED) is 0.507. The average Bonchev–Trinajstić information content (AvgIpc) is 2.87. The molecule has 1 fully saturated rings. The van der Waals surface area contributed by atoms with Gasteiger partial charge in [0.25, 0.3) is 11.8 Å². The number of para-hydroxylation sites is 1. The van der Waals surface area contributed by atoms with E-state index < -0.39 is 11.9 Å². The number of amides is 3. The monoisotopic (exact) mass is 465 g/mol. The van der Waals surface area contributed by atoms with Crippen molar-refractivity contribution in [3.8, 4) is 5.75 Å². The molecule has 3 rings (SSSR count). The average molecular weight is 466 g/mol. The van der Waals surface area contributed by atoms with Gasteiger partial charge in [-0.25, -0.2) is 0 Å². The van der Waals surface area contributed by atoms with Gasteiger partial charge in [0.05, 0.1) is 18.4 Å². The number of hydrogen-bond donors (Lipinski definition) is 3. The van der Waals surface area contributed by atoms with Crippen LogP contribution >= 0.6 is 0 Å². The Balaban J connectivity index is 1.73. The van der Waals surface area contributed by atoms with E-state index in [1.165, 1.54) is 6.42 Å². The lowest BCUT2D eigenvalue weighted by Crippen LogP contribution is -2.52. The molecule has 7 nitrogen and oxygen atoms in total. The predicted octanol–water partition coefficient (Wildman–Crippen LogP) is 4.54. The van der Waals surface area contributed by atoms with E-state index in [9.17, 15) is 14.4 Å². The summed E-state index contributed by atoms with van der Waals surface area (Å²) in [5, 5.41) is 8.87. The molecule has 2 unspecified atom stereocenters. The Labute approximate surface area is 201 Å². The summed E-state index contributed by atoms with van der Waals surface area (Å²) in [5.74, 6) is -0.256. The molecule has 0 bridgehead atoms. The highest BCUT2D eigenvalue weighted by Crippen LogP contribution is 2.20. The van der Waals surface area contributed by atoms with Gasteiger partial charge in [-0.05, 0) is 55.2 Å². The highest BCUT2D eigenvalue weighted by atomic mass is 16.5. The van der Waals surface area contributed by atoms with Crippen LogP contribution in [0.15, 0.2) is 48.5 Å². The summed E-state index contributed by atoms with van der Waals surface area (Å²) in [6, 6.07) is 13.1. The maximum Gasteiger partial charge on any atom is 0.255 e. The summed E-state index contributed by atoms with van der Waals surface area (Å²) in [7, 11) is 1.56. The number of rotatable bonds is 9. The van der Waals surface area contributed by atoms with E-state index in [1.54, 1.807) is 55.6 Å². The highest BCUT2D eigenvalue weighted by molar-refractivity contribution is 6.09. The smallest absolute Gasteiger partial charge is 0.255 e. The van der Waals surface area contributed by atoms with Crippen molar-refractivity contribution in [1.82, 2.24) is 10.6 Å². The lowest BCUT2D eigenvalue weighted by Gasteiger charge is -2.28. The van der Waals surface area contributed by atoms with Gasteiger partial charge in [0.15, 0.2) is 0 Å². The minimum atomic E-state index is -0.648. The second-order valence-electron chi connectivity index (χ2n) is 8.91. The van der Waals surface area contributed by atoms with E-state index in [1.807, 2.05) is 13.8 Å². The normalized spacial score (nSPS) is 15.6. The van der Waals surface area contributed by atoms with Crippen molar-refractivity contribution >= 4 is 23.4 Å². The molecule has 34 heavy (non-hydrogen) atoms. The minimum Gasteiger partial charge on any atom is -0.497 e. The van der Waals surface area contributed by atoms with Crippen LogP contribution in [0.1, 0.15) is 73.1 Å². The molecule has 2 atom stereocenters. The molecule has 0 saturated heterocycles. The number of carbonyl (C=O) groups is 3. The Morgan fingerprint density at radius 2 is 1.65 bits per heavy atom. The van der Waals surface area contributed by atoms with Crippen molar-refractivity contribution in [3.63, 3.8) is 0 Å². The third-order valence-corrected chi connectivity index (χ3v) is 6.51. The third kappa shape index (κ3) is 6.59. The number of ether oxygens (including phenoxy) is 1. The van der Waals surface area contributed by atoms with Crippen LogP contribution in [0.25, 0.3) is 0 Å². The third-order valence-electron chi connectivity index (χ3n) is 6.51. The van der Waals surface area contributed by atoms with Gasteiger partial charge in [-0.2, -0.15) is 0 Å². The SMILES string of the molecule is CCC(C)C(NC(=O)c1ccccc1NC(=O)c1ccc(OC)cc1)C(=O)NC1CCCCC1. The van der Waals surface area contributed by atoms with Crippen molar-refractivity contribution in [1.29, 1.82) is 0 Å². The molecule has 2 aromatic carbocycles. The van der Waals surface area contributed by atoms with Crippen molar-refractivity contribution in [2.75, 3.05) is 12.4 Å². The van der Waals surface area contributed by atoms with Crippen LogP contribution in [0.3, 0.4) is 0 Å². The van der Waals surface area contributed by atoms with Crippen LogP contribution < -0.4 is 20.7 Å². The van der Waals surface area contributed by atoms with Crippen molar-refractivity contribution in [2.24, 2.45) is 5.92 Å². The zero-order valence-electron chi connectivity index (χ0n) is 20.2. The Bertz CT molecular complexity index is 984. The standard InChI is InChI=1S/C27H35N3O4/c1-4-18(2)24(27(33)28-20-10-6-5-7-11-20)30-26(32)22-12-8-9-13-23(22)29-25(31)19-14-16-21(34-3)17-15-19/h8-9,12-18,20,24H,4-7,10-11H2,1-3H3,(H,28,33)(H,29,31)(H,30,32). The molecule has 1 saturated carbocycles. The molecule has 0 heterocycles. The van der Waals surface area contributed by atoms with Crippen molar-refractivity contribution in [2.45, 2.75) is 64.5 Å². The Hall–Kier alpha value is -3.35. The van der Waals surface area contributed by atoms with Gasteiger partial charge in [0.2, 0.25) is 5.91 Å². The Morgan fingerprint density at radius 1 is 0.971 bits per heavy atom. The summed E-state index contributed by atoms with van der Waals surface area (Å²) in [6.07, 6.45) is 6.15. The van der Waals surface area contributed by atoms with Gasteiger partial charge in [0, 0.05) is 11.6 Å². The number of benzene rings is 2. The predicted molar refractivity (Wildman–Crippen MR) is 133 cm³/mol. The van der Waals surface area contributed by atoms with Gasteiger partial charge < -0.3 is 20.7 Å². The molecular formula is C27H35N3O4. The van der Waals surface area contributed by atoms with E-state index in [2.05, 4.69) is 16.0 Å². The Morgan fingerprint density at radius 3 is 2.29 bits per heavy atom. The number of hydrogen-bond acceptors (Lipinski definition) is 4. The highest BCUT2D eigenvalue weighted by Gasteiger charge is 2.29. The Kier molecular flexibility index (Phi) is 9.08. The van der Waals surface area contributed by atoms with Crippen molar-refractivity contribution in [3.05, 3.63) is 59.7 Å². The second kappa shape index (κ2) is 12.2. The molecule has 7 heteroatoms. The number of nitrogens with one attached hydrogen (secondary N) is 3. The van der Waals surface area contributed by atoms with Crippen LogP contribution in [-0.4, -0.2) is 36.9 Å². The van der Waals surface area contributed by atoms with Crippen LogP contribution in [0.5, 0.6) is 5.75 Å². The summed E-state index contributed by atoms with van der Waals surface area (Å²) < 4.78 is 5.13. The van der Waals surface area contributed by atoms with Gasteiger partial charge >= 0.3 is 0 Å². The van der Waals surface area contributed by atoms with E-state index in [4.69, 9.17) is 4.74 Å². The van der Waals surface area contributed by atoms with Gasteiger partial charge in [-0.3, -0.25) is 14.4 Å². The molecule has 1 aliphatic rings. The van der Waals surface area contributed by atoms with Crippen LogP contribution in [0.4, 0.5) is 5.69 Å². The second-order valence-corrected chi connectivity index (χ2v) is 8.91. The molecule has 182 valence electrons. The first-order chi connectivity index (χ1) is 16.4. The fourth-order valence-electron chi connectivity index (χ4n) is 4.19. The van der Waals surface area contributed by atoms with E-state index in [-0.39, 0.29) is 23.8 Å². The fourth-order valence-corrected chi connectivity index (χ4v) is 4.19. The van der Waals surface area contributed by atoms with Crippen molar-refractivity contribution < 1.29 is 19.1 Å². The maximum absolute atomic E-state index is 13.2. The first-order valence-electron chi connectivity index (χ1n) is 12.1.